The van der Waals surface area contributed by atoms with Gasteiger partial charge >= 0.3 is 5.97 Å². The van der Waals surface area contributed by atoms with Crippen LogP contribution in [0.3, 0.4) is 0 Å². The van der Waals surface area contributed by atoms with Crippen molar-refractivity contribution < 1.29 is 31.9 Å². The third-order valence-corrected chi connectivity index (χ3v) is 7.47. The fourth-order valence-electron chi connectivity index (χ4n) is 4.79. The lowest BCUT2D eigenvalue weighted by atomic mass is 10.1. The molecular formula is C42H43AlF4N6O5. The Hall–Kier alpha value is -6.37. The quantitative estimate of drug-likeness (QED) is 0.0997. The average Bonchev–Trinajstić information content (AvgIpc) is 3.17. The molecule has 1 amide bonds. The number of anilines is 2. The SMILES string of the molecule is COC(=O)c1cc(F)c(=O)n(C)c1.Cn1cc(C(=O)Nc2ccc(Cc3cccc(F)c3)cn2)cc(F)c1=O.Nc1ccc(Cc2cccc(F)c2)cn1.[CH3][Al]([CH3])[CH3]. The minimum atomic E-state index is -1.00. The molecule has 16 heteroatoms. The molecular weight excluding hydrogens is 771 g/mol. The molecule has 2 aromatic carbocycles. The van der Waals surface area contributed by atoms with Crippen molar-refractivity contribution in [1.29, 1.82) is 0 Å². The first-order valence-corrected chi connectivity index (χ1v) is 21.2. The number of nitrogens with two attached hydrogens (primary N) is 1. The number of aryl methyl sites for hydroxylation is 2. The molecule has 302 valence electrons. The molecule has 0 spiro atoms. The Labute approximate surface area is 337 Å². The molecule has 4 heterocycles. The van der Waals surface area contributed by atoms with Gasteiger partial charge in [-0.25, -0.2) is 32.3 Å². The Bertz CT molecular complexity index is 2370. The van der Waals surface area contributed by atoms with E-state index < -0.39 is 34.6 Å². The Kier molecular flexibility index (Phi) is 17.8. The lowest BCUT2D eigenvalue weighted by molar-refractivity contribution is 0.0598. The highest BCUT2D eigenvalue weighted by Gasteiger charge is 2.12. The van der Waals surface area contributed by atoms with Gasteiger partial charge in [-0.1, -0.05) is 36.4 Å². The van der Waals surface area contributed by atoms with Gasteiger partial charge in [0.25, 0.3) is 31.2 Å². The normalized spacial score (nSPS) is 10.0. The number of halogens is 4. The van der Waals surface area contributed by atoms with Crippen LogP contribution in [-0.2, 0) is 31.7 Å². The lowest BCUT2D eigenvalue weighted by Gasteiger charge is -2.07. The fraction of sp³-hybridized carbons (Fsp3) is 0.190. The second-order valence-electron chi connectivity index (χ2n) is 13.4. The summed E-state index contributed by atoms with van der Waals surface area (Å²) in [5.41, 5.74) is 7.54. The summed E-state index contributed by atoms with van der Waals surface area (Å²) < 4.78 is 58.7. The number of esters is 1. The van der Waals surface area contributed by atoms with Crippen LogP contribution in [0.1, 0.15) is 43.0 Å². The van der Waals surface area contributed by atoms with Crippen LogP contribution in [0.4, 0.5) is 29.2 Å². The number of aromatic nitrogens is 4. The zero-order valence-electron chi connectivity index (χ0n) is 32.8. The minimum Gasteiger partial charge on any atom is -0.465 e. The van der Waals surface area contributed by atoms with Crippen LogP contribution >= 0.6 is 0 Å². The van der Waals surface area contributed by atoms with Gasteiger partial charge in [-0.2, -0.15) is 0 Å². The fourth-order valence-corrected chi connectivity index (χ4v) is 4.79. The van der Waals surface area contributed by atoms with E-state index in [0.717, 1.165) is 43.5 Å². The van der Waals surface area contributed by atoms with Gasteiger partial charge in [-0.3, -0.25) is 14.4 Å². The molecule has 6 aromatic rings. The van der Waals surface area contributed by atoms with Crippen molar-refractivity contribution in [1.82, 2.24) is 19.1 Å². The molecule has 0 saturated heterocycles. The van der Waals surface area contributed by atoms with E-state index in [9.17, 15) is 36.7 Å². The molecule has 58 heavy (non-hydrogen) atoms. The molecule has 0 radical (unpaired) electrons. The lowest BCUT2D eigenvalue weighted by Crippen LogP contribution is -2.23. The topological polar surface area (TPSA) is 151 Å². The highest BCUT2D eigenvalue weighted by atomic mass is 27.2. The summed E-state index contributed by atoms with van der Waals surface area (Å²) in [7, 11) is 3.91. The zero-order valence-corrected chi connectivity index (χ0v) is 34.0. The first-order chi connectivity index (χ1) is 27.4. The Balaban J connectivity index is 0.000000239. The number of carbonyl (C=O) groups excluding carboxylic acids is 2. The number of benzene rings is 2. The predicted octanol–water partition coefficient (Wildman–Crippen LogP) is 6.98. The highest BCUT2D eigenvalue weighted by Crippen LogP contribution is 2.14. The van der Waals surface area contributed by atoms with Crippen LogP contribution < -0.4 is 22.2 Å². The van der Waals surface area contributed by atoms with Gasteiger partial charge < -0.3 is 24.9 Å². The third-order valence-electron chi connectivity index (χ3n) is 7.47. The van der Waals surface area contributed by atoms with Crippen LogP contribution in [-0.4, -0.2) is 52.2 Å². The number of rotatable bonds is 7. The Morgan fingerprint density at radius 1 is 0.690 bits per heavy atom. The third kappa shape index (κ3) is 15.3. The van der Waals surface area contributed by atoms with Crippen molar-refractivity contribution in [3.8, 4) is 0 Å². The van der Waals surface area contributed by atoms with Gasteiger partial charge in [0.1, 0.15) is 23.3 Å². The van der Waals surface area contributed by atoms with E-state index in [1.54, 1.807) is 42.7 Å². The number of hydrogen-bond acceptors (Lipinski definition) is 8. The first kappa shape index (κ1) is 46.0. The number of nitrogens with zero attached hydrogens (tertiary/aromatic N) is 4. The maximum Gasteiger partial charge on any atom is 0.339 e. The molecule has 0 bridgehead atoms. The van der Waals surface area contributed by atoms with Gasteiger partial charge in [0.05, 0.1) is 18.2 Å². The van der Waals surface area contributed by atoms with Crippen molar-refractivity contribution in [3.05, 3.63) is 187 Å². The van der Waals surface area contributed by atoms with Crippen LogP contribution in [0.5, 0.6) is 0 Å². The van der Waals surface area contributed by atoms with Gasteiger partial charge in [-0.15, -0.1) is 17.4 Å². The largest absolute Gasteiger partial charge is 0.465 e. The number of amides is 1. The molecule has 0 fully saturated rings. The summed E-state index contributed by atoms with van der Waals surface area (Å²) >= 11 is -0.139. The first-order valence-electron chi connectivity index (χ1n) is 17.7. The smallest absolute Gasteiger partial charge is 0.339 e. The zero-order chi connectivity index (χ0) is 42.9. The summed E-state index contributed by atoms with van der Waals surface area (Å²) in [5, 5.41) is 2.54. The molecule has 0 atom stereocenters. The summed E-state index contributed by atoms with van der Waals surface area (Å²) in [6, 6.07) is 21.6. The molecule has 0 aliphatic heterocycles. The predicted molar refractivity (Wildman–Crippen MR) is 217 cm³/mol. The Morgan fingerprint density at radius 2 is 1.16 bits per heavy atom. The second-order valence-corrected chi connectivity index (χ2v) is 16.9. The van der Waals surface area contributed by atoms with E-state index in [1.165, 1.54) is 57.9 Å². The van der Waals surface area contributed by atoms with E-state index in [0.29, 0.717) is 18.7 Å². The average molecular weight is 815 g/mol. The number of ether oxygens (including phenoxy) is 1. The van der Waals surface area contributed by atoms with Gasteiger partial charge in [0.15, 0.2) is 11.6 Å². The standard InChI is InChI=1S/C19H15F2N3O2.C12H11FN2.C8H8FNO3.3CH3.Al/c1-24-11-14(9-16(21)19(24)26)18(25)23-17-6-5-13(10-22-17)7-12-3-2-4-15(20)8-12;13-11-3-1-2-9(7-11)6-10-4-5-12(14)15-8-10;1-10-4-5(8(12)13-2)3-6(9)7(10)11;;;;/h2-6,8-11H,7H2,1H3,(H,22,23,25);1-5,7-8H,6H2,(H2,14,15);3-4H,1-2H3;3*1H3;. The number of nitrogen functional groups attached to an aromatic ring is 1. The maximum absolute atomic E-state index is 13.5. The molecule has 4 aromatic heterocycles. The number of pyridine rings is 4. The van der Waals surface area contributed by atoms with Crippen LogP contribution in [0.2, 0.25) is 17.4 Å². The summed E-state index contributed by atoms with van der Waals surface area (Å²) in [5.74, 6) is 3.97. The van der Waals surface area contributed by atoms with Crippen molar-refractivity contribution in [2.45, 2.75) is 30.2 Å². The van der Waals surface area contributed by atoms with E-state index in [4.69, 9.17) is 5.73 Å². The van der Waals surface area contributed by atoms with Crippen LogP contribution in [0.25, 0.3) is 0 Å². The number of hydrogen-bond donors (Lipinski definition) is 2. The molecule has 0 aliphatic rings. The van der Waals surface area contributed by atoms with E-state index in [1.807, 2.05) is 18.2 Å². The molecule has 6 rings (SSSR count). The van der Waals surface area contributed by atoms with Gasteiger partial charge in [0.2, 0.25) is 0 Å². The highest BCUT2D eigenvalue weighted by molar-refractivity contribution is 6.54. The van der Waals surface area contributed by atoms with Crippen LogP contribution in [0, 0.1) is 23.3 Å². The monoisotopic (exact) mass is 814 g/mol. The van der Waals surface area contributed by atoms with Gasteiger partial charge in [0, 0.05) is 38.9 Å². The van der Waals surface area contributed by atoms with E-state index >= 15 is 0 Å². The van der Waals surface area contributed by atoms with Crippen molar-refractivity contribution in [2.75, 3.05) is 18.2 Å². The molecule has 11 nitrogen and oxygen atoms in total. The number of carbonyl (C=O) groups is 2. The summed E-state index contributed by atoms with van der Waals surface area (Å²) in [6.07, 6.45) is 6.93. The molecule has 0 unspecified atom stereocenters. The number of methoxy groups -OCH3 is 1. The molecule has 0 aliphatic carbocycles. The van der Waals surface area contributed by atoms with E-state index in [2.05, 4.69) is 37.4 Å². The molecule has 0 saturated carbocycles. The van der Waals surface area contributed by atoms with Crippen molar-refractivity contribution >= 4 is 37.7 Å². The van der Waals surface area contributed by atoms with Gasteiger partial charge in [-0.05, 0) is 83.6 Å². The van der Waals surface area contributed by atoms with Crippen LogP contribution in [0.15, 0.2) is 119 Å². The Morgan fingerprint density at radius 3 is 1.57 bits per heavy atom. The van der Waals surface area contributed by atoms with E-state index in [-0.39, 0.29) is 42.7 Å². The minimum absolute atomic E-state index is 0.00948. The van der Waals surface area contributed by atoms with Crippen molar-refractivity contribution in [2.24, 2.45) is 14.1 Å². The summed E-state index contributed by atoms with van der Waals surface area (Å²) in [6.45, 7) is 0. The second kappa shape index (κ2) is 22.4. The maximum atomic E-state index is 13.5. The number of nitrogens with one attached hydrogen (secondary N) is 1. The molecule has 3 N–H and O–H groups in total. The summed E-state index contributed by atoms with van der Waals surface area (Å²) in [4.78, 5) is 53.4. The van der Waals surface area contributed by atoms with Crippen molar-refractivity contribution in [3.63, 3.8) is 0 Å².